The van der Waals surface area contributed by atoms with E-state index in [1.165, 1.54) is 10.8 Å². The van der Waals surface area contributed by atoms with E-state index in [0.717, 1.165) is 11.3 Å². The number of carbonyl (C=O) groups excluding carboxylic acids is 1. The van der Waals surface area contributed by atoms with Gasteiger partial charge in [0.05, 0.1) is 12.6 Å². The van der Waals surface area contributed by atoms with Gasteiger partial charge in [-0.3, -0.25) is 14.3 Å². The quantitative estimate of drug-likeness (QED) is 0.533. The molecule has 0 aliphatic carbocycles. The molecule has 21 heavy (non-hydrogen) atoms. The number of rotatable bonds is 9. The SMILES string of the molecule is CC(C)c1cnn(C)c1C(=O)NCCSSCCC(=O)O. The minimum absolute atomic E-state index is 0.116. The Morgan fingerprint density at radius 3 is 2.67 bits per heavy atom. The van der Waals surface area contributed by atoms with E-state index >= 15 is 0 Å². The summed E-state index contributed by atoms with van der Waals surface area (Å²) in [7, 11) is 4.84. The number of hydrogen-bond acceptors (Lipinski definition) is 5. The molecule has 0 aliphatic heterocycles. The fraction of sp³-hybridized carbons (Fsp3) is 0.615. The van der Waals surface area contributed by atoms with E-state index < -0.39 is 5.97 Å². The summed E-state index contributed by atoms with van der Waals surface area (Å²) in [6, 6.07) is 0. The van der Waals surface area contributed by atoms with E-state index in [-0.39, 0.29) is 18.2 Å². The van der Waals surface area contributed by atoms with Crippen LogP contribution in [-0.4, -0.2) is 44.8 Å². The fourth-order valence-corrected chi connectivity index (χ4v) is 3.58. The highest BCUT2D eigenvalue weighted by Crippen LogP contribution is 2.21. The van der Waals surface area contributed by atoms with Crippen molar-refractivity contribution >= 4 is 33.5 Å². The van der Waals surface area contributed by atoms with Crippen molar-refractivity contribution in [2.24, 2.45) is 7.05 Å². The molecule has 0 atom stereocenters. The van der Waals surface area contributed by atoms with Crippen molar-refractivity contribution in [3.63, 3.8) is 0 Å². The number of aliphatic carboxylic acids is 1. The molecule has 1 amide bonds. The molecule has 0 radical (unpaired) electrons. The lowest BCUT2D eigenvalue weighted by Gasteiger charge is -2.09. The summed E-state index contributed by atoms with van der Waals surface area (Å²) >= 11 is 0. The summed E-state index contributed by atoms with van der Waals surface area (Å²) < 4.78 is 1.60. The van der Waals surface area contributed by atoms with E-state index in [0.29, 0.717) is 18.0 Å². The number of nitrogens with zero attached hydrogens (tertiary/aromatic N) is 2. The lowest BCUT2D eigenvalue weighted by molar-refractivity contribution is -0.136. The summed E-state index contributed by atoms with van der Waals surface area (Å²) in [5.41, 5.74) is 1.55. The van der Waals surface area contributed by atoms with Crippen LogP contribution in [0.2, 0.25) is 0 Å². The molecule has 0 saturated heterocycles. The average Bonchev–Trinajstić information content (AvgIpc) is 2.79. The number of carboxylic acids is 1. The number of carboxylic acid groups (broad SMARTS) is 1. The van der Waals surface area contributed by atoms with Gasteiger partial charge in [-0.05, 0) is 5.92 Å². The maximum absolute atomic E-state index is 12.2. The van der Waals surface area contributed by atoms with Crippen LogP contribution in [0.5, 0.6) is 0 Å². The number of carbonyl (C=O) groups is 2. The molecule has 1 heterocycles. The standard InChI is InChI=1S/C13H21N3O3S2/c1-9(2)10-8-15-16(3)12(10)13(19)14-5-7-21-20-6-4-11(17)18/h8-9H,4-7H2,1-3H3,(H,14,19)(H,17,18). The smallest absolute Gasteiger partial charge is 0.304 e. The molecule has 1 aromatic heterocycles. The largest absolute Gasteiger partial charge is 0.481 e. The van der Waals surface area contributed by atoms with Gasteiger partial charge < -0.3 is 10.4 Å². The van der Waals surface area contributed by atoms with Crippen LogP contribution >= 0.6 is 21.6 Å². The summed E-state index contributed by atoms with van der Waals surface area (Å²) in [6.45, 7) is 4.61. The zero-order valence-electron chi connectivity index (χ0n) is 12.5. The van der Waals surface area contributed by atoms with Crippen molar-refractivity contribution in [3.8, 4) is 0 Å². The second-order valence-corrected chi connectivity index (χ2v) is 7.47. The third-order valence-electron chi connectivity index (χ3n) is 2.76. The Kier molecular flexibility index (Phi) is 7.66. The first-order valence-electron chi connectivity index (χ1n) is 6.69. The van der Waals surface area contributed by atoms with Crippen LogP contribution in [-0.2, 0) is 11.8 Å². The van der Waals surface area contributed by atoms with Crippen molar-refractivity contribution in [1.29, 1.82) is 0 Å². The fourth-order valence-electron chi connectivity index (χ4n) is 1.69. The van der Waals surface area contributed by atoms with E-state index in [2.05, 4.69) is 10.4 Å². The van der Waals surface area contributed by atoms with Crippen molar-refractivity contribution in [2.45, 2.75) is 26.2 Å². The Morgan fingerprint density at radius 1 is 1.38 bits per heavy atom. The predicted octanol–water partition coefficient (Wildman–Crippen LogP) is 2.13. The lowest BCUT2D eigenvalue weighted by Crippen LogP contribution is -2.28. The van der Waals surface area contributed by atoms with Crippen LogP contribution in [0.15, 0.2) is 6.20 Å². The molecule has 118 valence electrons. The van der Waals surface area contributed by atoms with Crippen LogP contribution in [0.25, 0.3) is 0 Å². The molecule has 0 unspecified atom stereocenters. The summed E-state index contributed by atoms with van der Waals surface area (Å²) in [5, 5.41) is 15.5. The molecular formula is C13H21N3O3S2. The van der Waals surface area contributed by atoms with Crippen molar-refractivity contribution in [1.82, 2.24) is 15.1 Å². The van der Waals surface area contributed by atoms with Gasteiger partial charge in [0.15, 0.2) is 0 Å². The van der Waals surface area contributed by atoms with Crippen molar-refractivity contribution < 1.29 is 14.7 Å². The Hall–Kier alpha value is -1.15. The number of aromatic nitrogens is 2. The Balaban J connectivity index is 2.31. The monoisotopic (exact) mass is 331 g/mol. The highest BCUT2D eigenvalue weighted by atomic mass is 33.1. The Labute approximate surface area is 132 Å². The molecule has 1 aromatic rings. The van der Waals surface area contributed by atoms with Gasteiger partial charge in [0.1, 0.15) is 5.69 Å². The van der Waals surface area contributed by atoms with Crippen LogP contribution < -0.4 is 5.32 Å². The van der Waals surface area contributed by atoms with Gasteiger partial charge in [-0.25, -0.2) is 0 Å². The second kappa shape index (κ2) is 8.99. The van der Waals surface area contributed by atoms with E-state index in [4.69, 9.17) is 5.11 Å². The van der Waals surface area contributed by atoms with Crippen LogP contribution in [0.4, 0.5) is 0 Å². The highest BCUT2D eigenvalue weighted by molar-refractivity contribution is 8.76. The molecule has 2 N–H and O–H groups in total. The molecule has 0 fully saturated rings. The van der Waals surface area contributed by atoms with Gasteiger partial charge in [-0.2, -0.15) is 5.10 Å². The maximum atomic E-state index is 12.2. The van der Waals surface area contributed by atoms with Gasteiger partial charge in [0.2, 0.25) is 0 Å². The van der Waals surface area contributed by atoms with E-state index in [9.17, 15) is 9.59 Å². The average molecular weight is 331 g/mol. The number of nitrogens with one attached hydrogen (secondary N) is 1. The summed E-state index contributed by atoms with van der Waals surface area (Å²) in [6.07, 6.45) is 1.90. The number of amides is 1. The molecule has 0 aliphatic rings. The summed E-state index contributed by atoms with van der Waals surface area (Å²) in [5.74, 6) is 0.669. The van der Waals surface area contributed by atoms with E-state index in [1.807, 2.05) is 13.8 Å². The molecular weight excluding hydrogens is 310 g/mol. The van der Waals surface area contributed by atoms with Gasteiger partial charge in [0.25, 0.3) is 5.91 Å². The molecule has 0 bridgehead atoms. The molecule has 0 spiro atoms. The molecule has 6 nitrogen and oxygen atoms in total. The van der Waals surface area contributed by atoms with Crippen LogP contribution in [0.1, 0.15) is 42.2 Å². The minimum Gasteiger partial charge on any atom is -0.481 e. The third-order valence-corrected chi connectivity index (χ3v) is 5.17. The second-order valence-electron chi connectivity index (χ2n) is 4.77. The molecule has 0 saturated carbocycles. The van der Waals surface area contributed by atoms with Gasteiger partial charge in [0, 0.05) is 30.7 Å². The molecule has 8 heteroatoms. The first-order valence-corrected chi connectivity index (χ1v) is 9.18. The maximum Gasteiger partial charge on any atom is 0.304 e. The lowest BCUT2D eigenvalue weighted by atomic mass is 10.0. The van der Waals surface area contributed by atoms with Crippen LogP contribution in [0.3, 0.4) is 0 Å². The normalized spacial score (nSPS) is 10.9. The number of aryl methyl sites for hydroxylation is 1. The molecule has 1 rings (SSSR count). The number of hydrogen-bond donors (Lipinski definition) is 2. The van der Waals surface area contributed by atoms with Gasteiger partial charge >= 0.3 is 5.97 Å². The molecule has 0 aromatic carbocycles. The highest BCUT2D eigenvalue weighted by Gasteiger charge is 2.18. The minimum atomic E-state index is -0.783. The Bertz CT molecular complexity index is 489. The van der Waals surface area contributed by atoms with Crippen molar-refractivity contribution in [3.05, 3.63) is 17.5 Å². The van der Waals surface area contributed by atoms with E-state index in [1.54, 1.807) is 28.7 Å². The predicted molar refractivity (Wildman–Crippen MR) is 86.8 cm³/mol. The van der Waals surface area contributed by atoms with Crippen molar-refractivity contribution in [2.75, 3.05) is 18.1 Å². The zero-order valence-corrected chi connectivity index (χ0v) is 14.1. The van der Waals surface area contributed by atoms with Crippen LogP contribution in [0, 0.1) is 0 Å². The first-order chi connectivity index (χ1) is 9.93. The topological polar surface area (TPSA) is 84.2 Å². The Morgan fingerprint density at radius 2 is 2.05 bits per heavy atom. The van der Waals surface area contributed by atoms with Gasteiger partial charge in [-0.15, -0.1) is 0 Å². The third kappa shape index (κ3) is 6.01. The summed E-state index contributed by atoms with van der Waals surface area (Å²) in [4.78, 5) is 22.5. The zero-order chi connectivity index (χ0) is 15.8. The first kappa shape index (κ1) is 17.9. The van der Waals surface area contributed by atoms with Gasteiger partial charge in [-0.1, -0.05) is 35.4 Å².